The number of aromatic nitrogens is 1. The molecule has 0 atom stereocenters. The Bertz CT molecular complexity index is 644. The molecule has 6 nitrogen and oxygen atoms in total. The van der Waals surface area contributed by atoms with Crippen LogP contribution in [0.5, 0.6) is 5.75 Å². The lowest BCUT2D eigenvalue weighted by atomic mass is 10.2. The monoisotopic (exact) mass is 300 g/mol. The zero-order valence-corrected chi connectivity index (χ0v) is 12.1. The lowest BCUT2D eigenvalue weighted by Crippen LogP contribution is -2.28. The smallest absolute Gasteiger partial charge is 0.341 e. The first kappa shape index (κ1) is 15.5. The van der Waals surface area contributed by atoms with E-state index in [0.717, 1.165) is 0 Å². The highest BCUT2D eigenvalue weighted by atomic mass is 16.5. The van der Waals surface area contributed by atoms with Gasteiger partial charge in [0.05, 0.1) is 19.9 Å². The van der Waals surface area contributed by atoms with Crippen molar-refractivity contribution in [1.82, 2.24) is 10.3 Å². The average Bonchev–Trinajstić information content (AvgIpc) is 2.59. The van der Waals surface area contributed by atoms with Crippen LogP contribution in [0.4, 0.5) is 0 Å². The van der Waals surface area contributed by atoms with Crippen molar-refractivity contribution in [1.29, 1.82) is 0 Å². The van der Waals surface area contributed by atoms with Crippen molar-refractivity contribution in [2.45, 2.75) is 0 Å². The highest BCUT2D eigenvalue weighted by Crippen LogP contribution is 2.16. The average molecular weight is 300 g/mol. The molecule has 0 aliphatic carbocycles. The van der Waals surface area contributed by atoms with Gasteiger partial charge in [-0.2, -0.15) is 0 Å². The summed E-state index contributed by atoms with van der Waals surface area (Å²) in [5.41, 5.74) is 0.881. The van der Waals surface area contributed by atoms with E-state index in [-0.39, 0.29) is 12.5 Å². The number of pyridine rings is 1. The van der Waals surface area contributed by atoms with Gasteiger partial charge < -0.3 is 14.8 Å². The van der Waals surface area contributed by atoms with E-state index in [1.165, 1.54) is 25.6 Å². The molecule has 2 rings (SSSR count). The van der Waals surface area contributed by atoms with Gasteiger partial charge in [-0.15, -0.1) is 0 Å². The summed E-state index contributed by atoms with van der Waals surface area (Å²) in [4.78, 5) is 27.3. The molecule has 0 unspecified atom stereocenters. The summed E-state index contributed by atoms with van der Waals surface area (Å²) in [6.07, 6.45) is 2.92. The fourth-order valence-corrected chi connectivity index (χ4v) is 1.79. The van der Waals surface area contributed by atoms with Crippen molar-refractivity contribution in [3.8, 4) is 5.75 Å². The molecule has 2 aromatic rings. The molecule has 22 heavy (non-hydrogen) atoms. The normalized spacial score (nSPS) is 9.86. The minimum atomic E-state index is -0.495. The Hall–Kier alpha value is -2.89. The van der Waals surface area contributed by atoms with E-state index >= 15 is 0 Å². The summed E-state index contributed by atoms with van der Waals surface area (Å²) in [6.45, 7) is 0.525. The maximum atomic E-state index is 11.8. The maximum absolute atomic E-state index is 11.8. The van der Waals surface area contributed by atoms with E-state index in [1.807, 2.05) is 6.07 Å². The standard InChI is InChI=1S/C16H16N2O4/c1-21-16(20)13-7-8-17-11-14(13)22-10-9-18-15(19)12-5-3-2-4-6-12/h2-8,11H,9-10H2,1H3,(H,18,19). The van der Waals surface area contributed by atoms with E-state index in [2.05, 4.69) is 15.0 Å². The van der Waals surface area contributed by atoms with Gasteiger partial charge in [0.1, 0.15) is 12.2 Å². The minimum absolute atomic E-state index is 0.177. The molecular weight excluding hydrogens is 284 g/mol. The molecule has 1 heterocycles. The van der Waals surface area contributed by atoms with Gasteiger partial charge in [-0.05, 0) is 18.2 Å². The number of carbonyl (C=O) groups excluding carboxylic acids is 2. The molecule has 0 bridgehead atoms. The summed E-state index contributed by atoms with van der Waals surface area (Å²) >= 11 is 0. The summed E-state index contributed by atoms with van der Waals surface area (Å²) in [5.74, 6) is -0.349. The number of ether oxygens (including phenoxy) is 2. The van der Waals surface area contributed by atoms with Crippen LogP contribution in [0.2, 0.25) is 0 Å². The molecule has 0 aliphatic heterocycles. The summed E-state index contributed by atoms with van der Waals surface area (Å²) in [6, 6.07) is 10.4. The molecule has 1 amide bonds. The van der Waals surface area contributed by atoms with Crippen molar-refractivity contribution >= 4 is 11.9 Å². The zero-order valence-electron chi connectivity index (χ0n) is 12.1. The second kappa shape index (κ2) is 7.78. The van der Waals surface area contributed by atoms with Crippen LogP contribution < -0.4 is 10.1 Å². The molecule has 0 radical (unpaired) electrons. The molecule has 1 aromatic heterocycles. The number of nitrogens with one attached hydrogen (secondary N) is 1. The Balaban J connectivity index is 1.85. The number of methoxy groups -OCH3 is 1. The molecule has 0 aliphatic rings. The van der Waals surface area contributed by atoms with Gasteiger partial charge in [0.15, 0.2) is 5.75 Å². The molecule has 1 aromatic carbocycles. The number of hydrogen-bond donors (Lipinski definition) is 1. The topological polar surface area (TPSA) is 77.5 Å². The van der Waals surface area contributed by atoms with Gasteiger partial charge in [0.25, 0.3) is 5.91 Å². The molecule has 0 saturated heterocycles. The predicted octanol–water partition coefficient (Wildman–Crippen LogP) is 1.68. The van der Waals surface area contributed by atoms with E-state index in [9.17, 15) is 9.59 Å². The van der Waals surface area contributed by atoms with Crippen molar-refractivity contribution < 1.29 is 19.1 Å². The highest BCUT2D eigenvalue weighted by molar-refractivity contribution is 5.94. The van der Waals surface area contributed by atoms with Gasteiger partial charge in [0.2, 0.25) is 0 Å². The first-order chi connectivity index (χ1) is 10.7. The first-order valence-corrected chi connectivity index (χ1v) is 6.70. The Kier molecular flexibility index (Phi) is 5.48. The van der Waals surface area contributed by atoms with Crippen molar-refractivity contribution in [3.05, 3.63) is 59.9 Å². The summed E-state index contributed by atoms with van der Waals surface area (Å²) < 4.78 is 10.1. The van der Waals surface area contributed by atoms with Crippen molar-refractivity contribution in [2.75, 3.05) is 20.3 Å². The minimum Gasteiger partial charge on any atom is -0.489 e. The molecule has 6 heteroatoms. The third-order valence-corrected chi connectivity index (χ3v) is 2.87. The van der Waals surface area contributed by atoms with Gasteiger partial charge in [0, 0.05) is 11.8 Å². The lowest BCUT2D eigenvalue weighted by Gasteiger charge is -2.10. The second-order valence-corrected chi connectivity index (χ2v) is 4.33. The summed E-state index contributed by atoms with van der Waals surface area (Å²) in [5, 5.41) is 2.73. The van der Waals surface area contributed by atoms with E-state index in [1.54, 1.807) is 24.3 Å². The number of carbonyl (C=O) groups is 2. The van der Waals surface area contributed by atoms with E-state index in [0.29, 0.717) is 23.4 Å². The number of hydrogen-bond acceptors (Lipinski definition) is 5. The zero-order chi connectivity index (χ0) is 15.8. The molecule has 0 saturated carbocycles. The van der Waals surface area contributed by atoms with Gasteiger partial charge in [-0.25, -0.2) is 4.79 Å². The Morgan fingerprint density at radius 1 is 1.18 bits per heavy atom. The van der Waals surface area contributed by atoms with Gasteiger partial charge in [-0.3, -0.25) is 9.78 Å². The highest BCUT2D eigenvalue weighted by Gasteiger charge is 2.12. The fraction of sp³-hybridized carbons (Fsp3) is 0.188. The van der Waals surface area contributed by atoms with Crippen LogP contribution in [0.25, 0.3) is 0 Å². The second-order valence-electron chi connectivity index (χ2n) is 4.33. The number of benzene rings is 1. The van der Waals surface area contributed by atoms with Crippen LogP contribution in [-0.4, -0.2) is 37.1 Å². The number of esters is 1. The maximum Gasteiger partial charge on any atom is 0.341 e. The van der Waals surface area contributed by atoms with Crippen LogP contribution in [0.1, 0.15) is 20.7 Å². The van der Waals surface area contributed by atoms with E-state index < -0.39 is 5.97 Å². The Morgan fingerprint density at radius 2 is 1.95 bits per heavy atom. The fourth-order valence-electron chi connectivity index (χ4n) is 1.79. The Labute approximate surface area is 128 Å². The third kappa shape index (κ3) is 4.05. The van der Waals surface area contributed by atoms with E-state index in [4.69, 9.17) is 4.74 Å². The molecule has 0 spiro atoms. The quantitative estimate of drug-likeness (QED) is 0.648. The predicted molar refractivity (Wildman–Crippen MR) is 79.8 cm³/mol. The van der Waals surface area contributed by atoms with Gasteiger partial charge >= 0.3 is 5.97 Å². The number of rotatable bonds is 6. The summed E-state index contributed by atoms with van der Waals surface area (Å²) in [7, 11) is 1.30. The lowest BCUT2D eigenvalue weighted by molar-refractivity contribution is 0.0595. The van der Waals surface area contributed by atoms with Crippen LogP contribution in [-0.2, 0) is 4.74 Å². The van der Waals surface area contributed by atoms with Crippen LogP contribution in [0.3, 0.4) is 0 Å². The molecule has 1 N–H and O–H groups in total. The van der Waals surface area contributed by atoms with Crippen LogP contribution in [0, 0.1) is 0 Å². The number of amides is 1. The molecule has 0 fully saturated rings. The van der Waals surface area contributed by atoms with Crippen molar-refractivity contribution in [2.24, 2.45) is 0 Å². The Morgan fingerprint density at radius 3 is 2.68 bits per heavy atom. The van der Waals surface area contributed by atoms with Crippen LogP contribution in [0.15, 0.2) is 48.8 Å². The third-order valence-electron chi connectivity index (χ3n) is 2.87. The van der Waals surface area contributed by atoms with Crippen molar-refractivity contribution in [3.63, 3.8) is 0 Å². The largest absolute Gasteiger partial charge is 0.489 e. The molecular formula is C16H16N2O4. The SMILES string of the molecule is COC(=O)c1ccncc1OCCNC(=O)c1ccccc1. The molecule has 114 valence electrons. The van der Waals surface area contributed by atoms with Crippen LogP contribution >= 0.6 is 0 Å². The number of nitrogens with zero attached hydrogens (tertiary/aromatic N) is 1. The van der Waals surface area contributed by atoms with Gasteiger partial charge in [-0.1, -0.05) is 18.2 Å². The first-order valence-electron chi connectivity index (χ1n) is 6.70.